The van der Waals surface area contributed by atoms with Gasteiger partial charge in [-0.05, 0) is 36.2 Å². The highest BCUT2D eigenvalue weighted by Crippen LogP contribution is 2.31. The quantitative estimate of drug-likeness (QED) is 0.813. The SMILES string of the molecule is COC(=O)c1cc(O)c2c(c1)C(=O)N(Cc1cc(OC)cc(OC)c1)CC2. The summed E-state index contributed by atoms with van der Waals surface area (Å²) in [5.41, 5.74) is 1.87. The molecule has 0 saturated carbocycles. The first-order valence-electron chi connectivity index (χ1n) is 8.42. The van der Waals surface area contributed by atoms with Gasteiger partial charge in [0.1, 0.15) is 17.2 Å². The Morgan fingerprint density at radius 2 is 1.74 bits per heavy atom. The average Bonchev–Trinajstić information content (AvgIpc) is 2.69. The molecule has 0 saturated heterocycles. The number of methoxy groups -OCH3 is 3. The molecule has 1 aliphatic rings. The molecule has 27 heavy (non-hydrogen) atoms. The third kappa shape index (κ3) is 3.67. The minimum absolute atomic E-state index is 0.0658. The number of amides is 1. The first-order valence-corrected chi connectivity index (χ1v) is 8.42. The Morgan fingerprint density at radius 1 is 1.07 bits per heavy atom. The lowest BCUT2D eigenvalue weighted by Gasteiger charge is -2.29. The zero-order chi connectivity index (χ0) is 19.6. The van der Waals surface area contributed by atoms with Crippen LogP contribution < -0.4 is 9.47 Å². The molecule has 7 heteroatoms. The van der Waals surface area contributed by atoms with Crippen LogP contribution in [0.5, 0.6) is 17.2 Å². The summed E-state index contributed by atoms with van der Waals surface area (Å²) in [5.74, 6) is 0.359. The molecule has 7 nitrogen and oxygen atoms in total. The lowest BCUT2D eigenvalue weighted by atomic mass is 9.95. The number of carbonyl (C=O) groups is 2. The van der Waals surface area contributed by atoms with Crippen molar-refractivity contribution in [1.29, 1.82) is 0 Å². The molecular formula is C20H21NO6. The van der Waals surface area contributed by atoms with E-state index in [1.807, 2.05) is 12.1 Å². The fourth-order valence-corrected chi connectivity index (χ4v) is 3.19. The Bertz CT molecular complexity index is 870. The van der Waals surface area contributed by atoms with Gasteiger partial charge < -0.3 is 24.2 Å². The number of aromatic hydroxyl groups is 1. The molecule has 0 radical (unpaired) electrons. The second-order valence-electron chi connectivity index (χ2n) is 6.21. The Balaban J connectivity index is 1.91. The zero-order valence-electron chi connectivity index (χ0n) is 15.4. The molecule has 1 heterocycles. The number of carbonyl (C=O) groups excluding carboxylic acids is 2. The number of hydrogen-bond donors (Lipinski definition) is 1. The van der Waals surface area contributed by atoms with Gasteiger partial charge in [0.2, 0.25) is 0 Å². The van der Waals surface area contributed by atoms with Crippen LogP contribution in [0.3, 0.4) is 0 Å². The normalized spacial score (nSPS) is 13.1. The van der Waals surface area contributed by atoms with Gasteiger partial charge in [-0.15, -0.1) is 0 Å². The Hall–Kier alpha value is -3.22. The van der Waals surface area contributed by atoms with Crippen LogP contribution in [-0.2, 0) is 17.7 Å². The molecule has 0 unspecified atom stereocenters. The van der Waals surface area contributed by atoms with Gasteiger partial charge in [-0.1, -0.05) is 0 Å². The third-order valence-corrected chi connectivity index (χ3v) is 4.58. The second kappa shape index (κ2) is 7.57. The number of hydrogen-bond acceptors (Lipinski definition) is 6. The monoisotopic (exact) mass is 371 g/mol. The molecule has 0 atom stereocenters. The molecule has 1 aliphatic heterocycles. The molecule has 3 rings (SSSR count). The molecule has 0 aliphatic carbocycles. The van der Waals surface area contributed by atoms with Crippen LogP contribution in [0.25, 0.3) is 0 Å². The van der Waals surface area contributed by atoms with Crippen LogP contribution in [0.1, 0.15) is 31.8 Å². The number of fused-ring (bicyclic) bond motifs is 1. The molecule has 0 spiro atoms. The lowest BCUT2D eigenvalue weighted by molar-refractivity contribution is 0.0600. The van der Waals surface area contributed by atoms with Crippen LogP contribution in [0.15, 0.2) is 30.3 Å². The van der Waals surface area contributed by atoms with Gasteiger partial charge in [0.15, 0.2) is 0 Å². The molecule has 142 valence electrons. The van der Waals surface area contributed by atoms with Crippen LogP contribution in [0.4, 0.5) is 0 Å². The summed E-state index contributed by atoms with van der Waals surface area (Å²) in [6.07, 6.45) is 0.495. The number of phenols is 1. The minimum atomic E-state index is -0.601. The Morgan fingerprint density at radius 3 is 2.33 bits per heavy atom. The van der Waals surface area contributed by atoms with E-state index in [4.69, 9.17) is 9.47 Å². The van der Waals surface area contributed by atoms with E-state index in [2.05, 4.69) is 4.74 Å². The topological polar surface area (TPSA) is 85.3 Å². The summed E-state index contributed by atoms with van der Waals surface area (Å²) in [5, 5.41) is 10.2. The van der Waals surface area contributed by atoms with Crippen molar-refractivity contribution < 1.29 is 28.9 Å². The van der Waals surface area contributed by atoms with Crippen molar-refractivity contribution in [2.45, 2.75) is 13.0 Å². The maximum atomic E-state index is 12.9. The smallest absolute Gasteiger partial charge is 0.338 e. The van der Waals surface area contributed by atoms with Crippen LogP contribution >= 0.6 is 0 Å². The fraction of sp³-hybridized carbons (Fsp3) is 0.300. The highest BCUT2D eigenvalue weighted by molar-refractivity contribution is 6.00. The standard InChI is InChI=1S/C20H21NO6/c1-25-14-6-12(7-15(10-14)26-2)11-21-5-4-16-17(19(21)23)8-13(9-18(16)22)20(24)27-3/h6-10,22H,4-5,11H2,1-3H3. The number of rotatable bonds is 5. The van der Waals surface area contributed by atoms with E-state index in [0.29, 0.717) is 42.1 Å². The molecule has 2 aromatic carbocycles. The lowest BCUT2D eigenvalue weighted by Crippen LogP contribution is -2.37. The van der Waals surface area contributed by atoms with Gasteiger partial charge in [-0.3, -0.25) is 4.79 Å². The van der Waals surface area contributed by atoms with Crippen molar-refractivity contribution in [3.05, 3.63) is 52.6 Å². The minimum Gasteiger partial charge on any atom is -0.508 e. The second-order valence-corrected chi connectivity index (χ2v) is 6.21. The summed E-state index contributed by atoms with van der Waals surface area (Å²) >= 11 is 0. The zero-order valence-corrected chi connectivity index (χ0v) is 15.4. The number of nitrogens with zero attached hydrogens (tertiary/aromatic N) is 1. The van der Waals surface area contributed by atoms with Crippen LogP contribution in [0.2, 0.25) is 0 Å². The first-order chi connectivity index (χ1) is 13.0. The summed E-state index contributed by atoms with van der Waals surface area (Å²) in [4.78, 5) is 26.4. The fourth-order valence-electron chi connectivity index (χ4n) is 3.19. The maximum Gasteiger partial charge on any atom is 0.338 e. The van der Waals surface area contributed by atoms with E-state index >= 15 is 0 Å². The summed E-state index contributed by atoms with van der Waals surface area (Å²) in [6, 6.07) is 8.25. The molecule has 0 fully saturated rings. The predicted octanol–water partition coefficient (Wildman–Crippen LogP) is 2.39. The molecule has 2 aromatic rings. The maximum absolute atomic E-state index is 12.9. The highest BCUT2D eigenvalue weighted by atomic mass is 16.5. The number of phenolic OH excluding ortho intramolecular Hbond substituents is 1. The Kier molecular flexibility index (Phi) is 5.21. The van der Waals surface area contributed by atoms with Crippen molar-refractivity contribution in [1.82, 2.24) is 4.90 Å². The van der Waals surface area contributed by atoms with E-state index in [1.54, 1.807) is 25.2 Å². The van der Waals surface area contributed by atoms with E-state index < -0.39 is 5.97 Å². The van der Waals surface area contributed by atoms with Gasteiger partial charge in [0, 0.05) is 30.3 Å². The number of benzene rings is 2. The number of esters is 1. The van der Waals surface area contributed by atoms with Crippen LogP contribution in [-0.4, -0.2) is 49.8 Å². The van der Waals surface area contributed by atoms with Gasteiger partial charge in [-0.25, -0.2) is 4.79 Å². The van der Waals surface area contributed by atoms with Crippen molar-refractivity contribution in [2.24, 2.45) is 0 Å². The van der Waals surface area contributed by atoms with Gasteiger partial charge >= 0.3 is 5.97 Å². The molecule has 1 N–H and O–H groups in total. The van der Waals surface area contributed by atoms with Crippen molar-refractivity contribution in [3.8, 4) is 17.2 Å². The molecule has 0 bridgehead atoms. The van der Waals surface area contributed by atoms with Gasteiger partial charge in [0.25, 0.3) is 5.91 Å². The third-order valence-electron chi connectivity index (χ3n) is 4.58. The Labute approximate surface area is 157 Å². The average molecular weight is 371 g/mol. The highest BCUT2D eigenvalue weighted by Gasteiger charge is 2.28. The van der Waals surface area contributed by atoms with Crippen LogP contribution in [0, 0.1) is 0 Å². The summed E-state index contributed by atoms with van der Waals surface area (Å²) in [7, 11) is 4.39. The first kappa shape index (κ1) is 18.6. The van der Waals surface area contributed by atoms with Crippen molar-refractivity contribution >= 4 is 11.9 Å². The van der Waals surface area contributed by atoms with Gasteiger partial charge in [-0.2, -0.15) is 0 Å². The largest absolute Gasteiger partial charge is 0.508 e. The predicted molar refractivity (Wildman–Crippen MR) is 97.4 cm³/mol. The van der Waals surface area contributed by atoms with Crippen molar-refractivity contribution in [2.75, 3.05) is 27.9 Å². The van der Waals surface area contributed by atoms with E-state index in [9.17, 15) is 14.7 Å². The summed E-state index contributed by atoms with van der Waals surface area (Å²) < 4.78 is 15.2. The molecular weight excluding hydrogens is 350 g/mol. The van der Waals surface area contributed by atoms with E-state index in [0.717, 1.165) is 5.56 Å². The van der Waals surface area contributed by atoms with E-state index in [1.165, 1.54) is 19.2 Å². The summed E-state index contributed by atoms with van der Waals surface area (Å²) in [6.45, 7) is 0.811. The van der Waals surface area contributed by atoms with Gasteiger partial charge in [0.05, 0.1) is 26.9 Å². The number of ether oxygens (including phenoxy) is 3. The molecule has 1 amide bonds. The molecule has 0 aromatic heterocycles. The van der Waals surface area contributed by atoms with Crippen molar-refractivity contribution in [3.63, 3.8) is 0 Å². The van der Waals surface area contributed by atoms with E-state index in [-0.39, 0.29) is 17.2 Å².